The van der Waals surface area contributed by atoms with Crippen LogP contribution in [0.2, 0.25) is 0 Å². The second-order valence-corrected chi connectivity index (χ2v) is 7.81. The van der Waals surface area contributed by atoms with Gasteiger partial charge in [0.2, 0.25) is 5.78 Å². The van der Waals surface area contributed by atoms with Gasteiger partial charge in [-0.3, -0.25) is 14.4 Å². The van der Waals surface area contributed by atoms with Crippen molar-refractivity contribution in [2.45, 2.75) is 34.1 Å². The summed E-state index contributed by atoms with van der Waals surface area (Å²) in [5.41, 5.74) is 4.79. The lowest BCUT2D eigenvalue weighted by atomic mass is 10.1. The topological polar surface area (TPSA) is 89.1 Å². The SMILES string of the molecule is CC(=O)c1c(C)[nH]c(C(=O)COC(=O)Cc2csc(-c3ccc(C)cc3)n2)c1C. The maximum atomic E-state index is 12.4. The maximum Gasteiger partial charge on any atom is 0.312 e. The van der Waals surface area contributed by atoms with Crippen LogP contribution >= 0.6 is 11.3 Å². The van der Waals surface area contributed by atoms with Gasteiger partial charge in [-0.05, 0) is 33.3 Å². The van der Waals surface area contributed by atoms with Crippen LogP contribution in [0.25, 0.3) is 10.6 Å². The Bertz CT molecular complexity index is 1080. The van der Waals surface area contributed by atoms with Gasteiger partial charge in [-0.25, -0.2) is 4.98 Å². The zero-order valence-corrected chi connectivity index (χ0v) is 17.6. The van der Waals surface area contributed by atoms with Gasteiger partial charge >= 0.3 is 5.97 Å². The largest absolute Gasteiger partial charge is 0.457 e. The third-order valence-corrected chi connectivity index (χ3v) is 5.55. The first-order valence-corrected chi connectivity index (χ1v) is 10.0. The van der Waals surface area contributed by atoms with E-state index in [9.17, 15) is 14.4 Å². The van der Waals surface area contributed by atoms with Crippen LogP contribution in [0.3, 0.4) is 0 Å². The number of esters is 1. The second-order valence-electron chi connectivity index (χ2n) is 6.95. The fraction of sp³-hybridized carbons (Fsp3) is 0.273. The van der Waals surface area contributed by atoms with Crippen molar-refractivity contribution in [2.75, 3.05) is 6.61 Å². The average Bonchev–Trinajstić information content (AvgIpc) is 3.24. The van der Waals surface area contributed by atoms with E-state index < -0.39 is 5.97 Å². The van der Waals surface area contributed by atoms with Crippen molar-refractivity contribution in [3.05, 3.63) is 63.4 Å². The van der Waals surface area contributed by atoms with Crippen LogP contribution in [-0.2, 0) is 16.0 Å². The fourth-order valence-corrected chi connectivity index (χ4v) is 4.02. The fourth-order valence-electron chi connectivity index (χ4n) is 3.19. The number of hydrogen-bond donors (Lipinski definition) is 1. The molecule has 0 aliphatic heterocycles. The number of thiazole rings is 1. The molecule has 0 saturated carbocycles. The summed E-state index contributed by atoms with van der Waals surface area (Å²) in [6, 6.07) is 8.01. The molecular formula is C22H22N2O4S. The quantitative estimate of drug-likeness (QED) is 0.465. The lowest BCUT2D eigenvalue weighted by Gasteiger charge is -2.03. The Morgan fingerprint density at radius 1 is 1.10 bits per heavy atom. The summed E-state index contributed by atoms with van der Waals surface area (Å²) in [6.45, 7) is 6.53. The number of aryl methyl sites for hydroxylation is 2. The number of aromatic nitrogens is 2. The van der Waals surface area contributed by atoms with Crippen molar-refractivity contribution < 1.29 is 19.1 Å². The highest BCUT2D eigenvalue weighted by Gasteiger charge is 2.21. The van der Waals surface area contributed by atoms with Gasteiger partial charge in [0.1, 0.15) is 5.01 Å². The zero-order valence-electron chi connectivity index (χ0n) is 16.8. The summed E-state index contributed by atoms with van der Waals surface area (Å²) in [4.78, 5) is 43.6. The number of nitrogens with one attached hydrogen (secondary N) is 1. The molecule has 0 saturated heterocycles. The predicted molar refractivity (Wildman–Crippen MR) is 112 cm³/mol. The zero-order chi connectivity index (χ0) is 21.1. The lowest BCUT2D eigenvalue weighted by molar-refractivity contribution is -0.141. The Hall–Kier alpha value is -3.06. The van der Waals surface area contributed by atoms with Gasteiger partial charge in [-0.2, -0.15) is 0 Å². The van der Waals surface area contributed by atoms with Crippen molar-refractivity contribution in [1.29, 1.82) is 0 Å². The highest BCUT2D eigenvalue weighted by atomic mass is 32.1. The van der Waals surface area contributed by atoms with E-state index >= 15 is 0 Å². The van der Waals surface area contributed by atoms with Crippen LogP contribution in [0.1, 0.15) is 50.3 Å². The van der Waals surface area contributed by atoms with Crippen LogP contribution in [0.5, 0.6) is 0 Å². The summed E-state index contributed by atoms with van der Waals surface area (Å²) < 4.78 is 5.13. The third kappa shape index (κ3) is 4.68. The van der Waals surface area contributed by atoms with Crippen LogP contribution < -0.4 is 0 Å². The number of Topliss-reactive ketones (excluding diaryl/α,β-unsaturated/α-hetero) is 2. The molecule has 150 valence electrons. The summed E-state index contributed by atoms with van der Waals surface area (Å²) in [5, 5.41) is 2.65. The van der Waals surface area contributed by atoms with Gasteiger partial charge in [0.25, 0.3) is 0 Å². The lowest BCUT2D eigenvalue weighted by Crippen LogP contribution is -2.17. The molecule has 7 heteroatoms. The number of H-pyrrole nitrogens is 1. The van der Waals surface area contributed by atoms with Gasteiger partial charge in [0.15, 0.2) is 12.4 Å². The first kappa shape index (κ1) is 20.7. The Labute approximate surface area is 172 Å². The summed E-state index contributed by atoms with van der Waals surface area (Å²) >= 11 is 1.46. The molecule has 2 heterocycles. The summed E-state index contributed by atoms with van der Waals surface area (Å²) in [5.74, 6) is -1.00. The molecule has 0 atom stereocenters. The van der Waals surface area contributed by atoms with Gasteiger partial charge < -0.3 is 9.72 Å². The van der Waals surface area contributed by atoms with Crippen LogP contribution in [0, 0.1) is 20.8 Å². The highest BCUT2D eigenvalue weighted by Crippen LogP contribution is 2.24. The molecule has 0 spiro atoms. The Morgan fingerprint density at radius 3 is 2.41 bits per heavy atom. The van der Waals surface area contributed by atoms with E-state index in [0.29, 0.717) is 28.2 Å². The van der Waals surface area contributed by atoms with Crippen molar-refractivity contribution in [3.63, 3.8) is 0 Å². The Kier molecular flexibility index (Phi) is 6.08. The minimum Gasteiger partial charge on any atom is -0.457 e. The molecule has 0 fully saturated rings. The summed E-state index contributed by atoms with van der Waals surface area (Å²) in [7, 11) is 0. The van der Waals surface area contributed by atoms with E-state index in [2.05, 4.69) is 9.97 Å². The van der Waals surface area contributed by atoms with Gasteiger partial charge in [0.05, 0.1) is 17.8 Å². The molecule has 29 heavy (non-hydrogen) atoms. The van der Waals surface area contributed by atoms with E-state index in [4.69, 9.17) is 4.74 Å². The number of aromatic amines is 1. The van der Waals surface area contributed by atoms with Crippen molar-refractivity contribution in [3.8, 4) is 10.6 Å². The number of benzene rings is 1. The number of ether oxygens (including phenoxy) is 1. The molecule has 1 aromatic carbocycles. The third-order valence-electron chi connectivity index (χ3n) is 4.61. The van der Waals surface area contributed by atoms with E-state index in [1.807, 2.05) is 36.6 Å². The molecule has 2 aromatic heterocycles. The predicted octanol–water partition coefficient (Wildman–Crippen LogP) is 4.23. The van der Waals surface area contributed by atoms with E-state index in [1.165, 1.54) is 23.8 Å². The van der Waals surface area contributed by atoms with Crippen molar-refractivity contribution in [1.82, 2.24) is 9.97 Å². The Balaban J connectivity index is 1.59. The molecule has 0 aliphatic rings. The van der Waals surface area contributed by atoms with E-state index in [0.717, 1.165) is 10.6 Å². The first-order valence-electron chi connectivity index (χ1n) is 9.16. The van der Waals surface area contributed by atoms with Gasteiger partial charge in [0, 0.05) is 22.2 Å². The van der Waals surface area contributed by atoms with Crippen LogP contribution in [0.15, 0.2) is 29.6 Å². The number of carbonyl (C=O) groups is 3. The molecule has 1 N–H and O–H groups in total. The minimum absolute atomic E-state index is 0.00290. The number of carbonyl (C=O) groups excluding carboxylic acids is 3. The molecule has 0 aliphatic carbocycles. The highest BCUT2D eigenvalue weighted by molar-refractivity contribution is 7.13. The van der Waals surface area contributed by atoms with Crippen LogP contribution in [0.4, 0.5) is 0 Å². The van der Waals surface area contributed by atoms with Crippen LogP contribution in [-0.4, -0.2) is 34.1 Å². The molecule has 3 rings (SSSR count). The minimum atomic E-state index is -0.521. The molecular weight excluding hydrogens is 388 g/mol. The molecule has 0 unspecified atom stereocenters. The van der Waals surface area contributed by atoms with E-state index in [-0.39, 0.29) is 24.6 Å². The number of hydrogen-bond acceptors (Lipinski definition) is 6. The monoisotopic (exact) mass is 410 g/mol. The molecule has 0 radical (unpaired) electrons. The second kappa shape index (κ2) is 8.53. The molecule has 0 amide bonds. The van der Waals surface area contributed by atoms with Gasteiger partial charge in [-0.15, -0.1) is 11.3 Å². The standard InChI is InChI=1S/C22H22N2O4S/c1-12-5-7-16(8-6-12)22-24-17(11-29-22)9-19(27)28-10-18(26)21-13(2)20(15(4)25)14(3)23-21/h5-8,11,23H,9-10H2,1-4H3. The Morgan fingerprint density at radius 2 is 1.79 bits per heavy atom. The number of ketones is 2. The van der Waals surface area contributed by atoms with Crippen molar-refractivity contribution >= 4 is 28.9 Å². The van der Waals surface area contributed by atoms with E-state index in [1.54, 1.807) is 13.8 Å². The number of rotatable bonds is 7. The molecule has 6 nitrogen and oxygen atoms in total. The average molecular weight is 410 g/mol. The first-order chi connectivity index (χ1) is 13.8. The normalized spacial score (nSPS) is 10.8. The number of nitrogens with zero attached hydrogens (tertiary/aromatic N) is 1. The smallest absolute Gasteiger partial charge is 0.312 e. The van der Waals surface area contributed by atoms with Crippen molar-refractivity contribution in [2.24, 2.45) is 0 Å². The molecule has 0 bridgehead atoms. The molecule has 3 aromatic rings. The summed E-state index contributed by atoms with van der Waals surface area (Å²) in [6.07, 6.45) is -0.00290. The maximum absolute atomic E-state index is 12.4. The van der Waals surface area contributed by atoms with Gasteiger partial charge in [-0.1, -0.05) is 29.8 Å².